The van der Waals surface area contributed by atoms with Crippen LogP contribution in [0.1, 0.15) is 27.3 Å². The molecule has 0 spiro atoms. The molecule has 0 atom stereocenters. The van der Waals surface area contributed by atoms with E-state index < -0.39 is 5.91 Å². The van der Waals surface area contributed by atoms with Gasteiger partial charge >= 0.3 is 0 Å². The molecule has 0 saturated carbocycles. The molecular weight excluding hydrogens is 465 g/mol. The molecule has 0 saturated heterocycles. The minimum atomic E-state index is -0.464. The number of aromatic nitrogens is 1. The van der Waals surface area contributed by atoms with Gasteiger partial charge in [-0.15, -0.1) is 0 Å². The van der Waals surface area contributed by atoms with Crippen molar-refractivity contribution in [3.05, 3.63) is 79.5 Å². The molecule has 3 aromatic rings. The van der Waals surface area contributed by atoms with E-state index in [0.29, 0.717) is 20.6 Å². The van der Waals surface area contributed by atoms with Crippen LogP contribution in [0.2, 0.25) is 10.0 Å². The van der Waals surface area contributed by atoms with Crippen molar-refractivity contribution in [3.8, 4) is 11.4 Å². The standard InChI is InChI=1S/C20H16BrCl2N3O2/c1-11-3-4-12(2)26(11)15-5-6-16(17(22)9-15)20(28)25-24-10-13-7-14(21)8-18(23)19(13)27/h3-10,27H,1-2H3,(H,25,28). The van der Waals surface area contributed by atoms with Crippen LogP contribution in [0.3, 0.4) is 0 Å². The number of hydrazone groups is 1. The van der Waals surface area contributed by atoms with E-state index in [0.717, 1.165) is 17.1 Å². The molecule has 0 unspecified atom stereocenters. The Morgan fingerprint density at radius 3 is 2.43 bits per heavy atom. The topological polar surface area (TPSA) is 66.6 Å². The highest BCUT2D eigenvalue weighted by Crippen LogP contribution is 2.30. The van der Waals surface area contributed by atoms with Gasteiger partial charge < -0.3 is 9.67 Å². The van der Waals surface area contributed by atoms with Gasteiger partial charge in [-0.25, -0.2) is 5.43 Å². The normalized spacial score (nSPS) is 11.2. The fourth-order valence-corrected chi connectivity index (χ4v) is 3.90. The lowest BCUT2D eigenvalue weighted by Gasteiger charge is -2.11. The predicted octanol–water partition coefficient (Wildman–Crippen LogP) is 5.63. The highest BCUT2D eigenvalue weighted by atomic mass is 79.9. The van der Waals surface area contributed by atoms with Crippen LogP contribution in [-0.2, 0) is 0 Å². The number of rotatable bonds is 4. The Labute approximate surface area is 180 Å². The van der Waals surface area contributed by atoms with E-state index >= 15 is 0 Å². The summed E-state index contributed by atoms with van der Waals surface area (Å²) in [6, 6.07) is 12.4. The highest BCUT2D eigenvalue weighted by Gasteiger charge is 2.13. The summed E-state index contributed by atoms with van der Waals surface area (Å²) < 4.78 is 2.73. The van der Waals surface area contributed by atoms with Crippen LogP contribution in [0.15, 0.2) is 52.0 Å². The number of nitrogens with one attached hydrogen (secondary N) is 1. The Morgan fingerprint density at radius 1 is 1.11 bits per heavy atom. The molecule has 1 aromatic heterocycles. The molecule has 1 heterocycles. The molecule has 2 N–H and O–H groups in total. The molecule has 2 aromatic carbocycles. The first kappa shape index (κ1) is 20.5. The summed E-state index contributed by atoms with van der Waals surface area (Å²) in [6.45, 7) is 4.00. The number of carbonyl (C=O) groups excluding carboxylic acids is 1. The third-order valence-electron chi connectivity index (χ3n) is 4.15. The summed E-state index contributed by atoms with van der Waals surface area (Å²) in [7, 11) is 0. The third-order valence-corrected chi connectivity index (χ3v) is 5.21. The average Bonchev–Trinajstić information content (AvgIpc) is 2.97. The van der Waals surface area contributed by atoms with Gasteiger partial charge in [0.1, 0.15) is 5.75 Å². The van der Waals surface area contributed by atoms with Crippen molar-refractivity contribution in [2.75, 3.05) is 0 Å². The number of hydrogen-bond donors (Lipinski definition) is 2. The van der Waals surface area contributed by atoms with E-state index in [2.05, 4.69) is 26.5 Å². The Kier molecular flexibility index (Phi) is 6.13. The number of benzene rings is 2. The molecule has 28 heavy (non-hydrogen) atoms. The fourth-order valence-electron chi connectivity index (χ4n) is 2.81. The summed E-state index contributed by atoms with van der Waals surface area (Å²) in [5, 5.41) is 14.3. The fraction of sp³-hybridized carbons (Fsp3) is 0.100. The Hall–Kier alpha value is -2.28. The molecule has 5 nitrogen and oxygen atoms in total. The maximum absolute atomic E-state index is 12.4. The maximum Gasteiger partial charge on any atom is 0.272 e. The largest absolute Gasteiger partial charge is 0.506 e. The lowest BCUT2D eigenvalue weighted by Crippen LogP contribution is -2.18. The van der Waals surface area contributed by atoms with Crippen molar-refractivity contribution in [3.63, 3.8) is 0 Å². The molecule has 1 amide bonds. The molecule has 0 radical (unpaired) electrons. The minimum absolute atomic E-state index is 0.122. The Balaban J connectivity index is 1.78. The van der Waals surface area contributed by atoms with Gasteiger partial charge in [0.2, 0.25) is 0 Å². The molecule has 0 aliphatic carbocycles. The molecular formula is C20H16BrCl2N3O2. The summed E-state index contributed by atoms with van der Waals surface area (Å²) >= 11 is 15.5. The molecule has 0 aliphatic rings. The van der Waals surface area contributed by atoms with E-state index in [-0.39, 0.29) is 10.8 Å². The van der Waals surface area contributed by atoms with E-state index in [4.69, 9.17) is 23.2 Å². The molecule has 0 fully saturated rings. The van der Waals surface area contributed by atoms with Crippen LogP contribution in [0.5, 0.6) is 5.75 Å². The van der Waals surface area contributed by atoms with Gasteiger partial charge in [0.25, 0.3) is 5.91 Å². The van der Waals surface area contributed by atoms with Gasteiger partial charge in [-0.2, -0.15) is 5.10 Å². The van der Waals surface area contributed by atoms with Crippen LogP contribution >= 0.6 is 39.1 Å². The van der Waals surface area contributed by atoms with Gasteiger partial charge in [0.05, 0.1) is 21.8 Å². The molecule has 0 bridgehead atoms. The van der Waals surface area contributed by atoms with Gasteiger partial charge in [0, 0.05) is 27.1 Å². The number of hydrogen-bond acceptors (Lipinski definition) is 3. The quantitative estimate of drug-likeness (QED) is 0.375. The monoisotopic (exact) mass is 479 g/mol. The van der Waals surface area contributed by atoms with Crippen molar-refractivity contribution in [2.45, 2.75) is 13.8 Å². The number of amides is 1. The lowest BCUT2D eigenvalue weighted by atomic mass is 10.2. The number of phenolic OH excluding ortho intramolecular Hbond substituents is 1. The van der Waals surface area contributed by atoms with Gasteiger partial charge in [-0.05, 0) is 56.3 Å². The lowest BCUT2D eigenvalue weighted by molar-refractivity contribution is 0.0955. The smallest absolute Gasteiger partial charge is 0.272 e. The second-order valence-corrected chi connectivity index (χ2v) is 7.87. The van der Waals surface area contributed by atoms with Crippen molar-refractivity contribution >= 4 is 51.3 Å². The van der Waals surface area contributed by atoms with Crippen LogP contribution in [0.25, 0.3) is 5.69 Å². The second-order valence-electron chi connectivity index (χ2n) is 6.14. The van der Waals surface area contributed by atoms with Crippen molar-refractivity contribution in [1.82, 2.24) is 9.99 Å². The third kappa shape index (κ3) is 4.24. The zero-order valence-corrected chi connectivity index (χ0v) is 18.1. The number of carbonyl (C=O) groups is 1. The summed E-state index contributed by atoms with van der Waals surface area (Å²) in [4.78, 5) is 12.4. The maximum atomic E-state index is 12.4. The van der Waals surface area contributed by atoms with E-state index in [1.165, 1.54) is 6.21 Å². The zero-order chi connectivity index (χ0) is 20.4. The summed E-state index contributed by atoms with van der Waals surface area (Å²) in [6.07, 6.45) is 1.30. The SMILES string of the molecule is Cc1ccc(C)n1-c1ccc(C(=O)NN=Cc2cc(Br)cc(Cl)c2O)c(Cl)c1. The van der Waals surface area contributed by atoms with E-state index in [1.54, 1.807) is 24.3 Å². The van der Waals surface area contributed by atoms with E-state index in [1.807, 2.05) is 36.6 Å². The Bertz CT molecular complexity index is 1070. The predicted molar refractivity (Wildman–Crippen MR) is 116 cm³/mol. The number of nitrogens with zero attached hydrogens (tertiary/aromatic N) is 2. The molecule has 3 rings (SSSR count). The molecule has 8 heteroatoms. The number of aromatic hydroxyl groups is 1. The van der Waals surface area contributed by atoms with Crippen molar-refractivity contribution < 1.29 is 9.90 Å². The van der Waals surface area contributed by atoms with Gasteiger partial charge in [0.15, 0.2) is 0 Å². The average molecular weight is 481 g/mol. The first-order chi connectivity index (χ1) is 13.3. The number of aryl methyl sites for hydroxylation is 2. The van der Waals surface area contributed by atoms with Gasteiger partial charge in [-0.1, -0.05) is 39.1 Å². The number of phenols is 1. The van der Waals surface area contributed by atoms with Crippen molar-refractivity contribution in [1.29, 1.82) is 0 Å². The summed E-state index contributed by atoms with van der Waals surface area (Å²) in [5.74, 6) is -0.586. The van der Waals surface area contributed by atoms with Crippen LogP contribution in [0, 0.1) is 13.8 Å². The summed E-state index contributed by atoms with van der Waals surface area (Å²) in [5.41, 5.74) is 6.07. The van der Waals surface area contributed by atoms with Crippen LogP contribution in [0.4, 0.5) is 0 Å². The number of halogens is 3. The molecule has 0 aliphatic heterocycles. The van der Waals surface area contributed by atoms with Crippen molar-refractivity contribution in [2.24, 2.45) is 5.10 Å². The Morgan fingerprint density at radius 2 is 1.79 bits per heavy atom. The first-order valence-corrected chi connectivity index (χ1v) is 9.79. The molecule has 144 valence electrons. The van der Waals surface area contributed by atoms with Crippen LogP contribution < -0.4 is 5.43 Å². The van der Waals surface area contributed by atoms with Crippen LogP contribution in [-0.4, -0.2) is 21.8 Å². The van der Waals surface area contributed by atoms with E-state index in [9.17, 15) is 9.90 Å². The highest BCUT2D eigenvalue weighted by molar-refractivity contribution is 9.10. The second kappa shape index (κ2) is 8.39. The minimum Gasteiger partial charge on any atom is -0.506 e. The van der Waals surface area contributed by atoms with Gasteiger partial charge in [-0.3, -0.25) is 4.79 Å². The zero-order valence-electron chi connectivity index (χ0n) is 15.0. The first-order valence-electron chi connectivity index (χ1n) is 8.24.